The molecule has 3 aliphatic rings. The molecule has 33 heavy (non-hydrogen) atoms. The second kappa shape index (κ2) is 10.5. The Morgan fingerprint density at radius 2 is 1.88 bits per heavy atom. The van der Waals surface area contributed by atoms with Crippen molar-refractivity contribution >= 4 is 6.09 Å². The largest absolute Gasteiger partial charge is 0.493 e. The van der Waals surface area contributed by atoms with E-state index in [-0.39, 0.29) is 6.09 Å². The summed E-state index contributed by atoms with van der Waals surface area (Å²) in [5, 5.41) is 3.38. The number of carbonyl (C=O) groups is 1. The zero-order valence-electron chi connectivity index (χ0n) is 20.9. The summed E-state index contributed by atoms with van der Waals surface area (Å²) < 4.78 is 17.1. The van der Waals surface area contributed by atoms with Crippen LogP contribution in [-0.4, -0.2) is 75.5 Å². The number of piperidine rings is 1. The van der Waals surface area contributed by atoms with E-state index in [1.54, 1.807) is 14.2 Å². The first kappa shape index (κ1) is 24.1. The van der Waals surface area contributed by atoms with Crippen molar-refractivity contribution in [1.29, 1.82) is 0 Å². The lowest BCUT2D eigenvalue weighted by Gasteiger charge is -2.47. The average molecular weight is 460 g/mol. The molecule has 1 aromatic rings. The molecule has 1 amide bonds. The molecule has 2 saturated heterocycles. The van der Waals surface area contributed by atoms with Crippen LogP contribution in [0.2, 0.25) is 0 Å². The quantitative estimate of drug-likeness (QED) is 0.700. The lowest BCUT2D eigenvalue weighted by atomic mass is 9.74. The van der Waals surface area contributed by atoms with Crippen LogP contribution in [0.15, 0.2) is 12.1 Å². The molecule has 1 N–H and O–H groups in total. The Morgan fingerprint density at radius 1 is 1.12 bits per heavy atom. The van der Waals surface area contributed by atoms with Crippen molar-refractivity contribution in [2.45, 2.75) is 52.1 Å². The monoisotopic (exact) mass is 459 g/mol. The maximum Gasteiger partial charge on any atom is 0.409 e. The molecule has 2 fully saturated rings. The molecular formula is C26H41N3O4. The second-order valence-corrected chi connectivity index (χ2v) is 10.4. The Bertz CT molecular complexity index is 830. The van der Waals surface area contributed by atoms with Crippen LogP contribution in [0.1, 0.15) is 50.8 Å². The van der Waals surface area contributed by atoms with Crippen LogP contribution in [0.3, 0.4) is 0 Å². The van der Waals surface area contributed by atoms with Crippen LogP contribution >= 0.6 is 0 Å². The molecule has 7 heteroatoms. The van der Waals surface area contributed by atoms with Crippen molar-refractivity contribution in [2.75, 3.05) is 53.6 Å². The maximum absolute atomic E-state index is 12.8. The van der Waals surface area contributed by atoms with Crippen LogP contribution < -0.4 is 14.8 Å². The van der Waals surface area contributed by atoms with Gasteiger partial charge in [-0.2, -0.15) is 0 Å². The zero-order chi connectivity index (χ0) is 23.5. The Morgan fingerprint density at radius 3 is 2.58 bits per heavy atom. The summed E-state index contributed by atoms with van der Waals surface area (Å²) in [5.74, 6) is 3.11. The van der Waals surface area contributed by atoms with Crippen molar-refractivity contribution in [3.8, 4) is 11.5 Å². The first-order valence-electron chi connectivity index (χ1n) is 12.5. The average Bonchev–Trinajstić information content (AvgIpc) is 2.81. The highest BCUT2D eigenvalue weighted by atomic mass is 16.6. The number of rotatable bonds is 6. The smallest absolute Gasteiger partial charge is 0.409 e. The minimum absolute atomic E-state index is 0.162. The van der Waals surface area contributed by atoms with Gasteiger partial charge in [-0.25, -0.2) is 4.79 Å². The van der Waals surface area contributed by atoms with Crippen molar-refractivity contribution in [3.63, 3.8) is 0 Å². The van der Waals surface area contributed by atoms with Crippen LogP contribution in [0, 0.1) is 17.8 Å². The third-order valence-electron chi connectivity index (χ3n) is 7.60. The summed E-state index contributed by atoms with van der Waals surface area (Å²) in [6.45, 7) is 11.6. The fourth-order valence-electron chi connectivity index (χ4n) is 5.95. The minimum Gasteiger partial charge on any atom is -0.493 e. The highest BCUT2D eigenvalue weighted by Gasteiger charge is 2.40. The number of ether oxygens (including phenoxy) is 3. The molecule has 0 unspecified atom stereocenters. The normalized spacial score (nSPS) is 27.6. The van der Waals surface area contributed by atoms with E-state index in [1.807, 2.05) is 4.90 Å². The molecule has 0 aromatic heterocycles. The first-order valence-corrected chi connectivity index (χ1v) is 12.5. The van der Waals surface area contributed by atoms with Gasteiger partial charge in [0.1, 0.15) is 0 Å². The summed E-state index contributed by atoms with van der Waals surface area (Å²) in [6, 6.07) is 4.96. The fourth-order valence-corrected chi connectivity index (χ4v) is 5.95. The van der Waals surface area contributed by atoms with Gasteiger partial charge in [-0.15, -0.1) is 0 Å². The van der Waals surface area contributed by atoms with Gasteiger partial charge in [-0.3, -0.25) is 4.90 Å². The van der Waals surface area contributed by atoms with Gasteiger partial charge in [-0.05, 0) is 67.2 Å². The van der Waals surface area contributed by atoms with E-state index in [1.165, 1.54) is 11.1 Å². The van der Waals surface area contributed by atoms with E-state index >= 15 is 0 Å². The Kier molecular flexibility index (Phi) is 7.69. The van der Waals surface area contributed by atoms with E-state index < -0.39 is 0 Å². The van der Waals surface area contributed by atoms with Gasteiger partial charge in [0.15, 0.2) is 11.5 Å². The number of hydrogen-bond acceptors (Lipinski definition) is 6. The third-order valence-corrected chi connectivity index (χ3v) is 7.60. The second-order valence-electron chi connectivity index (χ2n) is 10.4. The number of carbonyl (C=O) groups excluding carboxylic acids is 1. The molecule has 3 heterocycles. The molecule has 0 aliphatic carbocycles. The van der Waals surface area contributed by atoms with E-state index in [4.69, 9.17) is 14.2 Å². The van der Waals surface area contributed by atoms with Gasteiger partial charge in [0.25, 0.3) is 0 Å². The van der Waals surface area contributed by atoms with Crippen molar-refractivity contribution in [3.05, 3.63) is 23.3 Å². The number of piperazine rings is 1. The number of benzene rings is 1. The summed E-state index contributed by atoms with van der Waals surface area (Å²) in [6.07, 6.45) is 3.03. The predicted molar refractivity (Wildman–Crippen MR) is 129 cm³/mol. The van der Waals surface area contributed by atoms with E-state index in [0.717, 1.165) is 50.4 Å². The molecular weight excluding hydrogens is 418 g/mol. The highest BCUT2D eigenvalue weighted by molar-refractivity contribution is 5.67. The number of amides is 1. The van der Waals surface area contributed by atoms with Gasteiger partial charge in [0, 0.05) is 44.8 Å². The first-order chi connectivity index (χ1) is 15.9. The third kappa shape index (κ3) is 5.40. The van der Waals surface area contributed by atoms with Crippen LogP contribution in [0.4, 0.5) is 4.79 Å². The zero-order valence-corrected chi connectivity index (χ0v) is 20.9. The summed E-state index contributed by atoms with van der Waals surface area (Å²) in [4.78, 5) is 17.3. The van der Waals surface area contributed by atoms with Crippen molar-refractivity contribution < 1.29 is 19.0 Å². The summed E-state index contributed by atoms with van der Waals surface area (Å²) >= 11 is 0. The highest BCUT2D eigenvalue weighted by Crippen LogP contribution is 2.45. The van der Waals surface area contributed by atoms with Crippen LogP contribution in [-0.2, 0) is 11.2 Å². The standard InChI is InChI=1S/C26H41N3O4/c1-17(2)10-20-15-28-8-6-19-12-24(31-4)25(32-5)13-22(19)23(28)11-21(20)16-33-26(30)29-9-7-27-18(3)14-29/h12-13,17-18,20-21,23,27H,6-11,14-16H2,1-5H3/t18-,20-,21+,23-/m1/s1. The predicted octanol–water partition coefficient (Wildman–Crippen LogP) is 3.72. The number of hydrogen-bond donors (Lipinski definition) is 1. The SMILES string of the molecule is COc1cc2c(cc1OC)[C@H]1C[C@@H](COC(=O)N3CCN[C@H](C)C3)[C@H](CC(C)C)CN1CC2. The van der Waals surface area contributed by atoms with Gasteiger partial charge in [0.05, 0.1) is 20.8 Å². The molecule has 7 nitrogen and oxygen atoms in total. The summed E-state index contributed by atoms with van der Waals surface area (Å²) in [5.41, 5.74) is 2.69. The Labute approximate surface area is 198 Å². The molecule has 0 spiro atoms. The number of nitrogens with zero attached hydrogens (tertiary/aromatic N) is 2. The van der Waals surface area contributed by atoms with Gasteiger partial charge in [0.2, 0.25) is 0 Å². The van der Waals surface area contributed by atoms with Gasteiger partial charge in [-0.1, -0.05) is 13.8 Å². The maximum atomic E-state index is 12.8. The molecule has 0 radical (unpaired) electrons. The van der Waals surface area contributed by atoms with Gasteiger partial charge < -0.3 is 24.4 Å². The number of nitrogens with one attached hydrogen (secondary N) is 1. The lowest BCUT2D eigenvalue weighted by Crippen LogP contribution is -2.52. The van der Waals surface area contributed by atoms with Crippen molar-refractivity contribution in [2.24, 2.45) is 17.8 Å². The van der Waals surface area contributed by atoms with Crippen LogP contribution in [0.5, 0.6) is 11.5 Å². The Balaban J connectivity index is 1.50. The van der Waals surface area contributed by atoms with Crippen LogP contribution in [0.25, 0.3) is 0 Å². The molecule has 3 aliphatic heterocycles. The van der Waals surface area contributed by atoms with Gasteiger partial charge >= 0.3 is 6.09 Å². The molecule has 0 bridgehead atoms. The number of methoxy groups -OCH3 is 2. The minimum atomic E-state index is -0.162. The number of fused-ring (bicyclic) bond motifs is 3. The molecule has 4 rings (SSSR count). The molecule has 0 saturated carbocycles. The van der Waals surface area contributed by atoms with Crippen molar-refractivity contribution in [1.82, 2.24) is 15.1 Å². The molecule has 184 valence electrons. The molecule has 4 atom stereocenters. The summed E-state index contributed by atoms with van der Waals surface area (Å²) in [7, 11) is 3.39. The fraction of sp³-hybridized carbons (Fsp3) is 0.731. The lowest BCUT2D eigenvalue weighted by molar-refractivity contribution is 0.00413. The molecule has 1 aromatic carbocycles. The topological polar surface area (TPSA) is 63.3 Å². The van der Waals surface area contributed by atoms with E-state index in [2.05, 4.69) is 43.1 Å². The Hall–Kier alpha value is -1.99. The van der Waals surface area contributed by atoms with E-state index in [0.29, 0.717) is 49.5 Å². The van der Waals surface area contributed by atoms with E-state index in [9.17, 15) is 4.79 Å².